The van der Waals surface area contributed by atoms with Crippen molar-refractivity contribution in [3.63, 3.8) is 0 Å². The number of benzene rings is 1. The van der Waals surface area contributed by atoms with Crippen LogP contribution in [0.15, 0.2) is 24.3 Å². The van der Waals surface area contributed by atoms with Gasteiger partial charge in [-0.1, -0.05) is 29.8 Å². The second-order valence-electron chi connectivity index (χ2n) is 5.24. The number of nitrogens with zero attached hydrogens (tertiary/aromatic N) is 2. The van der Waals surface area contributed by atoms with E-state index >= 15 is 0 Å². The molecule has 0 bridgehead atoms. The Morgan fingerprint density at radius 2 is 1.95 bits per heavy atom. The van der Waals surface area contributed by atoms with Crippen molar-refractivity contribution in [1.82, 2.24) is 9.80 Å². The number of hydrogen-bond donors (Lipinski definition) is 1. The van der Waals surface area contributed by atoms with E-state index in [1.807, 2.05) is 31.2 Å². The number of urea groups is 1. The van der Waals surface area contributed by atoms with Crippen LogP contribution in [0.3, 0.4) is 0 Å². The van der Waals surface area contributed by atoms with Crippen LogP contribution in [-0.2, 0) is 11.3 Å². The van der Waals surface area contributed by atoms with Crippen molar-refractivity contribution in [2.75, 3.05) is 13.6 Å². The summed E-state index contributed by atoms with van der Waals surface area (Å²) in [6.07, 6.45) is 0. The molecule has 110 valence electrons. The molecule has 0 aliphatic carbocycles. The van der Waals surface area contributed by atoms with Crippen molar-refractivity contribution in [3.8, 4) is 0 Å². The summed E-state index contributed by atoms with van der Waals surface area (Å²) in [5.41, 5.74) is 2.16. The Balaban J connectivity index is 2.76. The van der Waals surface area contributed by atoms with Gasteiger partial charge >= 0.3 is 12.0 Å². The summed E-state index contributed by atoms with van der Waals surface area (Å²) in [6, 6.07) is 7.48. The van der Waals surface area contributed by atoms with Gasteiger partial charge in [0, 0.05) is 19.6 Å². The van der Waals surface area contributed by atoms with Gasteiger partial charge in [0.1, 0.15) is 6.54 Å². The van der Waals surface area contributed by atoms with Crippen molar-refractivity contribution in [3.05, 3.63) is 35.4 Å². The minimum absolute atomic E-state index is 0.154. The van der Waals surface area contributed by atoms with Crippen molar-refractivity contribution >= 4 is 12.0 Å². The summed E-state index contributed by atoms with van der Waals surface area (Å²) in [5, 5.41) is 8.88. The second kappa shape index (κ2) is 6.93. The van der Waals surface area contributed by atoms with Gasteiger partial charge in [-0.2, -0.15) is 0 Å². The van der Waals surface area contributed by atoms with Gasteiger partial charge in [-0.15, -0.1) is 0 Å². The van der Waals surface area contributed by atoms with Crippen LogP contribution >= 0.6 is 0 Å². The molecule has 5 nitrogen and oxygen atoms in total. The molecule has 0 saturated heterocycles. The monoisotopic (exact) mass is 278 g/mol. The number of carboxylic acids is 1. The van der Waals surface area contributed by atoms with E-state index in [0.29, 0.717) is 6.54 Å². The average Bonchev–Trinajstić information content (AvgIpc) is 2.34. The minimum Gasteiger partial charge on any atom is -0.480 e. The van der Waals surface area contributed by atoms with Crippen molar-refractivity contribution in [1.29, 1.82) is 0 Å². The van der Waals surface area contributed by atoms with Crippen LogP contribution in [0.25, 0.3) is 0 Å². The molecule has 0 radical (unpaired) electrons. The summed E-state index contributed by atoms with van der Waals surface area (Å²) >= 11 is 0. The number of amides is 2. The second-order valence-corrected chi connectivity index (χ2v) is 5.24. The molecule has 1 rings (SSSR count). The minimum atomic E-state index is -1.00. The summed E-state index contributed by atoms with van der Waals surface area (Å²) < 4.78 is 0. The van der Waals surface area contributed by atoms with Crippen LogP contribution in [0.2, 0.25) is 0 Å². The predicted molar refractivity (Wildman–Crippen MR) is 77.5 cm³/mol. The number of carbonyl (C=O) groups excluding carboxylic acids is 1. The standard InChI is InChI=1S/C15H22N2O3/c1-11(2)17(10-14(18)19)15(20)16(4)9-13-7-5-6-12(3)8-13/h5-8,11H,9-10H2,1-4H3,(H,18,19). The lowest BCUT2D eigenvalue weighted by molar-refractivity contribution is -0.138. The Hall–Kier alpha value is -2.04. The van der Waals surface area contributed by atoms with Gasteiger partial charge in [0.2, 0.25) is 0 Å². The Bertz CT molecular complexity index is 486. The van der Waals surface area contributed by atoms with Crippen LogP contribution in [0.1, 0.15) is 25.0 Å². The van der Waals surface area contributed by atoms with E-state index in [4.69, 9.17) is 5.11 Å². The van der Waals surface area contributed by atoms with Crippen LogP contribution < -0.4 is 0 Å². The summed E-state index contributed by atoms with van der Waals surface area (Å²) in [7, 11) is 1.68. The van der Waals surface area contributed by atoms with Gasteiger partial charge < -0.3 is 14.9 Å². The SMILES string of the molecule is Cc1cccc(CN(C)C(=O)N(CC(=O)O)C(C)C)c1. The first-order valence-electron chi connectivity index (χ1n) is 6.60. The first kappa shape index (κ1) is 16.0. The van der Waals surface area contributed by atoms with E-state index in [2.05, 4.69) is 0 Å². The molecule has 0 atom stereocenters. The molecule has 20 heavy (non-hydrogen) atoms. The van der Waals surface area contributed by atoms with Gasteiger partial charge in [0.15, 0.2) is 0 Å². The third kappa shape index (κ3) is 4.57. The normalized spacial score (nSPS) is 10.4. The third-order valence-corrected chi connectivity index (χ3v) is 3.00. The van der Waals surface area contributed by atoms with Gasteiger partial charge in [0.05, 0.1) is 0 Å². The molecule has 0 fully saturated rings. The van der Waals surface area contributed by atoms with Gasteiger partial charge in [-0.3, -0.25) is 4.79 Å². The molecule has 2 amide bonds. The first-order chi connectivity index (χ1) is 9.31. The smallest absolute Gasteiger partial charge is 0.323 e. The topological polar surface area (TPSA) is 60.9 Å². The van der Waals surface area contributed by atoms with E-state index in [1.165, 1.54) is 9.80 Å². The predicted octanol–water partition coefficient (Wildman–Crippen LogP) is 2.34. The molecule has 1 aromatic carbocycles. The molecule has 0 spiro atoms. The third-order valence-electron chi connectivity index (χ3n) is 3.00. The lowest BCUT2D eigenvalue weighted by atomic mass is 10.1. The zero-order valence-electron chi connectivity index (χ0n) is 12.5. The van der Waals surface area contributed by atoms with Crippen molar-refractivity contribution < 1.29 is 14.7 Å². The molecule has 5 heteroatoms. The van der Waals surface area contributed by atoms with E-state index < -0.39 is 5.97 Å². The lowest BCUT2D eigenvalue weighted by Gasteiger charge is -2.30. The highest BCUT2D eigenvalue weighted by Gasteiger charge is 2.23. The maximum atomic E-state index is 12.3. The molecule has 1 aromatic rings. The highest BCUT2D eigenvalue weighted by molar-refractivity contribution is 5.80. The first-order valence-corrected chi connectivity index (χ1v) is 6.60. The maximum absolute atomic E-state index is 12.3. The summed E-state index contributed by atoms with van der Waals surface area (Å²) in [5.74, 6) is -1.00. The molecule has 0 aliphatic rings. The number of hydrogen-bond acceptors (Lipinski definition) is 2. The van der Waals surface area contributed by atoms with Crippen LogP contribution in [0.4, 0.5) is 4.79 Å². The van der Waals surface area contributed by atoms with E-state index in [9.17, 15) is 9.59 Å². The highest BCUT2D eigenvalue weighted by atomic mass is 16.4. The largest absolute Gasteiger partial charge is 0.480 e. The molecular weight excluding hydrogens is 256 g/mol. The Morgan fingerprint density at radius 1 is 1.30 bits per heavy atom. The molecular formula is C15H22N2O3. The number of carboxylic acid groups (broad SMARTS) is 1. The Labute approximate surface area is 119 Å². The van der Waals surface area contributed by atoms with Gasteiger partial charge in [0.25, 0.3) is 0 Å². The van der Waals surface area contributed by atoms with E-state index in [0.717, 1.165) is 11.1 Å². The van der Waals surface area contributed by atoms with Crippen molar-refractivity contribution in [2.45, 2.75) is 33.4 Å². The van der Waals surface area contributed by atoms with E-state index in [-0.39, 0.29) is 18.6 Å². The molecule has 1 N–H and O–H groups in total. The Kier molecular flexibility index (Phi) is 5.55. The molecule has 0 saturated carbocycles. The number of carbonyl (C=O) groups is 2. The molecule has 0 heterocycles. The van der Waals surface area contributed by atoms with Crippen LogP contribution in [0, 0.1) is 6.92 Å². The lowest BCUT2D eigenvalue weighted by Crippen LogP contribution is -2.46. The van der Waals surface area contributed by atoms with Gasteiger partial charge in [-0.25, -0.2) is 4.79 Å². The van der Waals surface area contributed by atoms with Crippen LogP contribution in [-0.4, -0.2) is 46.5 Å². The molecule has 0 aromatic heterocycles. The Morgan fingerprint density at radius 3 is 2.45 bits per heavy atom. The number of aryl methyl sites for hydroxylation is 1. The fourth-order valence-corrected chi connectivity index (χ4v) is 1.99. The number of rotatable bonds is 5. The highest BCUT2D eigenvalue weighted by Crippen LogP contribution is 2.10. The summed E-state index contributed by atoms with van der Waals surface area (Å²) in [6.45, 7) is 5.79. The van der Waals surface area contributed by atoms with Gasteiger partial charge in [-0.05, 0) is 26.3 Å². The quantitative estimate of drug-likeness (QED) is 0.899. The average molecular weight is 278 g/mol. The van der Waals surface area contributed by atoms with Crippen LogP contribution in [0.5, 0.6) is 0 Å². The fourth-order valence-electron chi connectivity index (χ4n) is 1.99. The fraction of sp³-hybridized carbons (Fsp3) is 0.467. The van der Waals surface area contributed by atoms with Crippen molar-refractivity contribution in [2.24, 2.45) is 0 Å². The maximum Gasteiger partial charge on any atom is 0.323 e. The molecule has 0 unspecified atom stereocenters. The zero-order chi connectivity index (χ0) is 15.3. The molecule has 0 aliphatic heterocycles. The van der Waals surface area contributed by atoms with E-state index in [1.54, 1.807) is 20.9 Å². The zero-order valence-corrected chi connectivity index (χ0v) is 12.5. The number of aliphatic carboxylic acids is 1. The summed E-state index contributed by atoms with van der Waals surface area (Å²) in [4.78, 5) is 26.0.